The van der Waals surface area contributed by atoms with Crippen LogP contribution in [0.4, 0.5) is 11.6 Å². The molecule has 0 radical (unpaired) electrons. The van der Waals surface area contributed by atoms with Crippen molar-refractivity contribution in [2.24, 2.45) is 0 Å². The number of pyridine rings is 1. The number of aryl methyl sites for hydroxylation is 1. The number of nitrogen functional groups attached to an aromatic ring is 1. The van der Waals surface area contributed by atoms with Crippen molar-refractivity contribution in [1.82, 2.24) is 24.6 Å². The second-order valence-corrected chi connectivity index (χ2v) is 18.9. The Balaban J connectivity index is 1.33. The maximum absolute atomic E-state index is 13.3. The zero-order valence-corrected chi connectivity index (χ0v) is 28.3. The molecule has 248 valence electrons. The molecule has 0 saturated carbocycles. The van der Waals surface area contributed by atoms with Gasteiger partial charge in [-0.05, 0) is 56.6 Å². The molecule has 0 unspecified atom stereocenters. The first-order chi connectivity index (χ1) is 21.6. The number of nitrogens with one attached hydrogen (secondary N) is 1. The number of fused-ring (bicyclic) bond motifs is 2. The fourth-order valence-corrected chi connectivity index (χ4v) is 11.9. The van der Waals surface area contributed by atoms with Gasteiger partial charge in [0.1, 0.15) is 35.2 Å². The first-order valence-corrected chi connectivity index (χ1v) is 20.0. The van der Waals surface area contributed by atoms with Crippen LogP contribution in [0.25, 0.3) is 11.1 Å². The van der Waals surface area contributed by atoms with Crippen LogP contribution in [0.2, 0.25) is 0 Å². The molecule has 1 fully saturated rings. The highest BCUT2D eigenvalue weighted by Gasteiger charge is 2.53. The summed E-state index contributed by atoms with van der Waals surface area (Å²) in [7, 11) is -10.0. The molecular weight excluding hydrogens is 655 g/mol. The molecular formula is C29H37N7O7S3. The van der Waals surface area contributed by atoms with Gasteiger partial charge in [-0.3, -0.25) is 0 Å². The Morgan fingerprint density at radius 3 is 2.46 bits per heavy atom. The van der Waals surface area contributed by atoms with E-state index in [1.807, 2.05) is 24.1 Å². The topological polar surface area (TPSA) is 195 Å². The summed E-state index contributed by atoms with van der Waals surface area (Å²) < 4.78 is 85.2. The van der Waals surface area contributed by atoms with E-state index in [0.717, 1.165) is 24.6 Å². The highest BCUT2D eigenvalue weighted by Crippen LogP contribution is 2.41. The number of sulfone groups is 2. The summed E-state index contributed by atoms with van der Waals surface area (Å²) in [6.45, 7) is 2.39. The number of hydrogen-bond acceptors (Lipinski definition) is 13. The third-order valence-electron chi connectivity index (χ3n) is 9.11. The van der Waals surface area contributed by atoms with E-state index in [1.54, 1.807) is 6.07 Å². The van der Waals surface area contributed by atoms with Crippen LogP contribution in [0.3, 0.4) is 0 Å². The number of sulfonamides is 1. The number of benzene rings is 1. The first kappa shape index (κ1) is 32.6. The Bertz CT molecular complexity index is 1990. The Hall–Kier alpha value is -3.38. The molecule has 3 N–H and O–H groups in total. The molecule has 4 heterocycles. The predicted octanol–water partition coefficient (Wildman–Crippen LogP) is 0.776. The second kappa shape index (κ2) is 11.7. The molecule has 17 heteroatoms. The number of nitrogens with two attached hydrogens (primary N) is 1. The summed E-state index contributed by atoms with van der Waals surface area (Å²) in [6, 6.07) is 6.79. The van der Waals surface area contributed by atoms with Crippen LogP contribution in [0.15, 0.2) is 41.7 Å². The molecule has 46 heavy (non-hydrogen) atoms. The van der Waals surface area contributed by atoms with E-state index < -0.39 is 33.8 Å². The van der Waals surface area contributed by atoms with Crippen molar-refractivity contribution in [2.45, 2.75) is 47.2 Å². The third kappa shape index (κ3) is 5.94. The van der Waals surface area contributed by atoms with Gasteiger partial charge in [-0.25, -0.2) is 44.9 Å². The second-order valence-electron chi connectivity index (χ2n) is 12.3. The zero-order valence-electron chi connectivity index (χ0n) is 25.8. The first-order valence-electron chi connectivity index (χ1n) is 14.8. The number of aromatic nitrogens is 3. The molecule has 0 amide bonds. The van der Waals surface area contributed by atoms with Gasteiger partial charge in [0.05, 0.1) is 6.54 Å². The van der Waals surface area contributed by atoms with E-state index in [-0.39, 0.29) is 36.0 Å². The molecule has 14 nitrogen and oxygen atoms in total. The van der Waals surface area contributed by atoms with E-state index in [1.165, 1.54) is 18.6 Å². The normalized spacial score (nSPS) is 20.4. The Morgan fingerprint density at radius 1 is 1.00 bits per heavy atom. The molecule has 6 rings (SSSR count). The lowest BCUT2D eigenvalue weighted by atomic mass is 9.94. The molecule has 1 atom stereocenters. The van der Waals surface area contributed by atoms with Crippen LogP contribution in [0.1, 0.15) is 29.7 Å². The fraction of sp³-hybridized carbons (Fsp3) is 0.483. The summed E-state index contributed by atoms with van der Waals surface area (Å²) in [5.41, 5.74) is 9.15. The minimum Gasteiger partial charge on any atom is -0.491 e. The maximum Gasteiger partial charge on any atom is 0.244 e. The fourth-order valence-electron chi connectivity index (χ4n) is 6.58. The van der Waals surface area contributed by atoms with Crippen molar-refractivity contribution >= 4 is 41.3 Å². The average molecular weight is 692 g/mol. The van der Waals surface area contributed by atoms with Crippen molar-refractivity contribution in [2.75, 3.05) is 56.4 Å². The Kier molecular flexibility index (Phi) is 8.28. The lowest BCUT2D eigenvalue weighted by molar-refractivity contribution is 0.331. The lowest BCUT2D eigenvalue weighted by Gasteiger charge is -2.36. The zero-order chi connectivity index (χ0) is 33.1. The van der Waals surface area contributed by atoms with Gasteiger partial charge in [-0.2, -0.15) is 0 Å². The minimum atomic E-state index is -4.01. The van der Waals surface area contributed by atoms with Gasteiger partial charge in [0.2, 0.25) is 10.0 Å². The molecule has 3 aliphatic rings. The molecule has 0 bridgehead atoms. The highest BCUT2D eigenvalue weighted by atomic mass is 32.3. The van der Waals surface area contributed by atoms with Crippen molar-refractivity contribution < 1.29 is 30.0 Å². The van der Waals surface area contributed by atoms with Gasteiger partial charge in [-0.1, -0.05) is 6.07 Å². The van der Waals surface area contributed by atoms with Crippen LogP contribution in [-0.2, 0) is 49.1 Å². The van der Waals surface area contributed by atoms with Crippen LogP contribution in [0, 0.1) is 0 Å². The number of likely N-dealkylation sites (tertiary alicyclic amines) is 1. The quantitative estimate of drug-likeness (QED) is 0.353. The SMILES string of the molecule is CN1CC[C@@H](NS(=O)(=O)c2cc(-c3ccc4c(c3)CN(c3ncnc5c3CC(S(C)(=O)=O)(S(C)(=O)=O)CC5)CCO4)cnc2N)C1. The summed E-state index contributed by atoms with van der Waals surface area (Å²) in [6.07, 6.45) is 5.40. The molecule has 3 aromatic rings. The smallest absolute Gasteiger partial charge is 0.244 e. The predicted molar refractivity (Wildman–Crippen MR) is 173 cm³/mol. The standard InChI is InChI=1S/C29H37N7O7S3/c1-35-9-7-22(17-35)34-46(41,42)26-13-20(15-31-27(26)30)19-4-5-25-21(12-19)16-36(10-11-43-25)28-23-14-29(44(2,37)38,45(3,39)40)8-6-24(23)32-18-33-28/h4-5,12-13,15,18,22,34H,6-11,14,16-17H2,1-3H3,(H2,30,31)/t22-/m1/s1. The van der Waals surface area contributed by atoms with E-state index in [2.05, 4.69) is 24.6 Å². The number of ether oxygens (including phenoxy) is 1. The number of likely N-dealkylation sites (N-methyl/N-ethyl adjacent to an activating group) is 1. The van der Waals surface area contributed by atoms with Crippen LogP contribution in [0.5, 0.6) is 5.75 Å². The summed E-state index contributed by atoms with van der Waals surface area (Å²) in [5.74, 6) is 0.980. The van der Waals surface area contributed by atoms with Crippen LogP contribution < -0.4 is 20.1 Å². The van der Waals surface area contributed by atoms with Crippen molar-refractivity contribution in [3.8, 4) is 16.9 Å². The van der Waals surface area contributed by atoms with E-state index in [9.17, 15) is 25.3 Å². The van der Waals surface area contributed by atoms with E-state index >= 15 is 0 Å². The molecule has 1 aromatic carbocycles. The summed E-state index contributed by atoms with van der Waals surface area (Å²) >= 11 is 0. The molecule has 0 spiro atoms. The maximum atomic E-state index is 13.3. The van der Waals surface area contributed by atoms with Gasteiger partial charge < -0.3 is 20.3 Å². The largest absolute Gasteiger partial charge is 0.491 e. The van der Waals surface area contributed by atoms with E-state index in [4.69, 9.17) is 10.5 Å². The Morgan fingerprint density at radius 2 is 1.76 bits per heavy atom. The summed E-state index contributed by atoms with van der Waals surface area (Å²) in [4.78, 5) is 16.9. The van der Waals surface area contributed by atoms with Crippen molar-refractivity contribution in [3.63, 3.8) is 0 Å². The molecule has 1 saturated heterocycles. The van der Waals surface area contributed by atoms with Crippen LogP contribution >= 0.6 is 0 Å². The molecule has 2 aliphatic heterocycles. The van der Waals surface area contributed by atoms with Crippen molar-refractivity contribution in [1.29, 1.82) is 0 Å². The molecule has 2 aromatic heterocycles. The van der Waals surface area contributed by atoms with Crippen molar-refractivity contribution in [3.05, 3.63) is 53.6 Å². The monoisotopic (exact) mass is 691 g/mol. The summed E-state index contributed by atoms with van der Waals surface area (Å²) in [5, 5.41) is 0. The average Bonchev–Trinajstić information content (AvgIpc) is 3.26. The van der Waals surface area contributed by atoms with E-state index in [0.29, 0.717) is 66.6 Å². The van der Waals surface area contributed by atoms with Gasteiger partial charge in [0.25, 0.3) is 0 Å². The lowest BCUT2D eigenvalue weighted by Crippen LogP contribution is -2.50. The van der Waals surface area contributed by atoms with Gasteiger partial charge in [-0.15, -0.1) is 0 Å². The molecule has 1 aliphatic carbocycles. The number of nitrogens with zero attached hydrogens (tertiary/aromatic N) is 5. The highest BCUT2D eigenvalue weighted by molar-refractivity contribution is 8.09. The number of rotatable bonds is 7. The van der Waals surface area contributed by atoms with Gasteiger partial charge in [0, 0.05) is 66.6 Å². The number of anilines is 2. The van der Waals surface area contributed by atoms with Crippen LogP contribution in [-0.4, -0.2) is 101 Å². The van der Waals surface area contributed by atoms with Gasteiger partial charge in [0.15, 0.2) is 23.8 Å². The number of hydrogen-bond donors (Lipinski definition) is 2. The van der Waals surface area contributed by atoms with Gasteiger partial charge >= 0.3 is 0 Å². The Labute approximate surface area is 269 Å². The third-order valence-corrected chi connectivity index (χ3v) is 15.9. The minimum absolute atomic E-state index is 0.0794.